The molecule has 0 radical (unpaired) electrons. The van der Waals surface area contributed by atoms with Crippen LogP contribution in [-0.2, 0) is 3.79 Å². The molecule has 1 aromatic carbocycles. The third-order valence-electron chi connectivity index (χ3n) is 1.32. The maximum absolute atomic E-state index is 12.7. The van der Waals surface area contributed by atoms with Crippen LogP contribution in [0.1, 0.15) is 5.56 Å². The first-order valence-corrected chi connectivity index (χ1v) is 4.97. The average Bonchev–Trinajstić information content (AvgIpc) is 1.94. The minimum Gasteiger partial charge on any atom is -0.204 e. The van der Waals surface area contributed by atoms with Crippen LogP contribution in [0.4, 0.5) is 8.78 Å². The van der Waals surface area contributed by atoms with Gasteiger partial charge in [-0.15, -0.1) is 0 Å². The van der Waals surface area contributed by atoms with Gasteiger partial charge < -0.3 is 0 Å². The van der Waals surface area contributed by atoms with E-state index < -0.39 is 15.4 Å². The van der Waals surface area contributed by atoms with Crippen LogP contribution in [0.15, 0.2) is 16.6 Å². The summed E-state index contributed by atoms with van der Waals surface area (Å²) in [6.07, 6.45) is 0. The Labute approximate surface area is 96.9 Å². The summed E-state index contributed by atoms with van der Waals surface area (Å²) in [5.41, 5.74) is 0.0661. The van der Waals surface area contributed by atoms with Crippen molar-refractivity contribution in [3.05, 3.63) is 33.8 Å². The van der Waals surface area contributed by atoms with Crippen molar-refractivity contribution in [2.45, 2.75) is 3.79 Å². The topological polar surface area (TPSA) is 0 Å². The summed E-state index contributed by atoms with van der Waals surface area (Å²) < 4.78 is 23.8. The van der Waals surface area contributed by atoms with E-state index in [1.54, 1.807) is 0 Å². The van der Waals surface area contributed by atoms with Gasteiger partial charge in [-0.3, -0.25) is 0 Å². The van der Waals surface area contributed by atoms with Gasteiger partial charge in [0, 0.05) is 10.0 Å². The number of hydrogen-bond acceptors (Lipinski definition) is 0. The molecule has 0 aromatic heterocycles. The summed E-state index contributed by atoms with van der Waals surface area (Å²) in [5, 5.41) is 0. The van der Waals surface area contributed by atoms with Crippen LogP contribution in [0.3, 0.4) is 0 Å². The van der Waals surface area contributed by atoms with Gasteiger partial charge in [0.25, 0.3) is 0 Å². The lowest BCUT2D eigenvalue weighted by Gasteiger charge is -2.13. The van der Waals surface area contributed by atoms with Crippen LogP contribution in [-0.4, -0.2) is 0 Å². The molecule has 0 fully saturated rings. The van der Waals surface area contributed by atoms with Crippen LogP contribution in [0.2, 0.25) is 0 Å². The molecule has 0 saturated carbocycles. The zero-order chi connectivity index (χ0) is 10.2. The number of hydrogen-bond donors (Lipinski definition) is 0. The van der Waals surface area contributed by atoms with Crippen molar-refractivity contribution in [3.8, 4) is 0 Å². The highest BCUT2D eigenvalue weighted by Gasteiger charge is 2.27. The monoisotopic (exact) mass is 308 g/mol. The van der Waals surface area contributed by atoms with Gasteiger partial charge in [-0.2, -0.15) is 0 Å². The van der Waals surface area contributed by atoms with Gasteiger partial charge in [-0.05, 0) is 12.1 Å². The van der Waals surface area contributed by atoms with Crippen molar-refractivity contribution >= 4 is 50.7 Å². The normalized spacial score (nSPS) is 11.8. The Kier molecular flexibility index (Phi) is 3.44. The minimum absolute atomic E-state index is 0.0661. The molecule has 72 valence electrons. The van der Waals surface area contributed by atoms with Crippen molar-refractivity contribution in [1.82, 2.24) is 0 Å². The van der Waals surface area contributed by atoms with Crippen molar-refractivity contribution in [2.24, 2.45) is 0 Å². The van der Waals surface area contributed by atoms with Crippen molar-refractivity contribution in [1.29, 1.82) is 0 Å². The van der Waals surface area contributed by atoms with E-state index >= 15 is 0 Å². The third kappa shape index (κ3) is 2.69. The quantitative estimate of drug-likeness (QED) is 0.487. The molecule has 0 aliphatic carbocycles. The Balaban J connectivity index is 3.32. The summed E-state index contributed by atoms with van der Waals surface area (Å²) in [5.74, 6) is -2.05. The molecule has 0 heterocycles. The van der Waals surface area contributed by atoms with Crippen LogP contribution >= 0.6 is 50.7 Å². The molecule has 0 saturated heterocycles. The fourth-order valence-corrected chi connectivity index (χ4v) is 2.16. The van der Waals surface area contributed by atoms with Crippen LogP contribution in [0.5, 0.6) is 0 Å². The van der Waals surface area contributed by atoms with Crippen molar-refractivity contribution in [2.75, 3.05) is 0 Å². The van der Waals surface area contributed by atoms with E-state index in [-0.39, 0.29) is 10.0 Å². The second-order valence-corrected chi connectivity index (χ2v) is 5.38. The van der Waals surface area contributed by atoms with E-state index in [1.165, 1.54) is 0 Å². The zero-order valence-electron chi connectivity index (χ0n) is 5.92. The summed E-state index contributed by atoms with van der Waals surface area (Å²) in [4.78, 5) is 0. The van der Waals surface area contributed by atoms with E-state index in [2.05, 4.69) is 15.9 Å². The molecule has 0 atom stereocenters. The molecule has 1 aromatic rings. The first kappa shape index (κ1) is 11.5. The second kappa shape index (κ2) is 3.89. The number of halogens is 6. The van der Waals surface area contributed by atoms with E-state index in [4.69, 9.17) is 34.8 Å². The number of benzene rings is 1. The van der Waals surface area contributed by atoms with Gasteiger partial charge in [0.15, 0.2) is 11.6 Å². The molecule has 1 rings (SSSR count). The first-order chi connectivity index (χ1) is 5.82. The molecule has 0 amide bonds. The van der Waals surface area contributed by atoms with Crippen molar-refractivity contribution < 1.29 is 8.78 Å². The fourth-order valence-electron chi connectivity index (χ4n) is 0.740. The molecule has 0 spiro atoms. The van der Waals surface area contributed by atoms with Crippen LogP contribution in [0, 0.1) is 11.6 Å². The Morgan fingerprint density at radius 3 is 2.00 bits per heavy atom. The molecule has 6 heteroatoms. The highest BCUT2D eigenvalue weighted by molar-refractivity contribution is 9.10. The molecule has 0 N–H and O–H groups in total. The van der Waals surface area contributed by atoms with E-state index in [0.29, 0.717) is 0 Å². The smallest absolute Gasteiger partial charge is 0.204 e. The Morgan fingerprint density at radius 2 is 1.54 bits per heavy atom. The summed E-state index contributed by atoms with van der Waals surface area (Å²) >= 11 is 19.5. The van der Waals surface area contributed by atoms with E-state index in [0.717, 1.165) is 12.1 Å². The van der Waals surface area contributed by atoms with Crippen LogP contribution in [0.25, 0.3) is 0 Å². The summed E-state index contributed by atoms with van der Waals surface area (Å²) in [7, 11) is 0. The molecule has 0 nitrogen and oxygen atoms in total. The van der Waals surface area contributed by atoms with E-state index in [9.17, 15) is 8.78 Å². The standard InChI is InChI=1S/C7H2BrCl3F2/c8-4-2-6(13)5(12)1-3(4)7(9,10)11/h1-2H. The predicted molar refractivity (Wildman–Crippen MR) is 53.3 cm³/mol. The van der Waals surface area contributed by atoms with Crippen LogP contribution < -0.4 is 0 Å². The lowest BCUT2D eigenvalue weighted by molar-refractivity contribution is 0.506. The average molecular weight is 310 g/mol. The zero-order valence-corrected chi connectivity index (χ0v) is 9.78. The Morgan fingerprint density at radius 1 is 1.08 bits per heavy atom. The number of alkyl halides is 3. The predicted octanol–water partition coefficient (Wildman–Crippen LogP) is 4.55. The molecular weight excluding hydrogens is 308 g/mol. The lowest BCUT2D eigenvalue weighted by atomic mass is 10.2. The molecule has 0 aliphatic rings. The first-order valence-electron chi connectivity index (χ1n) is 3.04. The van der Waals surface area contributed by atoms with Gasteiger partial charge in [0.2, 0.25) is 3.79 Å². The van der Waals surface area contributed by atoms with Crippen molar-refractivity contribution in [3.63, 3.8) is 0 Å². The fraction of sp³-hybridized carbons (Fsp3) is 0.143. The highest BCUT2D eigenvalue weighted by atomic mass is 79.9. The van der Waals surface area contributed by atoms with Gasteiger partial charge in [-0.25, -0.2) is 8.78 Å². The third-order valence-corrected chi connectivity index (χ3v) is 2.58. The van der Waals surface area contributed by atoms with Gasteiger partial charge in [0.05, 0.1) is 0 Å². The Hall–Kier alpha value is 0.430. The highest BCUT2D eigenvalue weighted by Crippen LogP contribution is 2.42. The maximum Gasteiger partial charge on any atom is 0.217 e. The maximum atomic E-state index is 12.7. The number of rotatable bonds is 0. The molecule has 0 aliphatic heterocycles. The van der Waals surface area contributed by atoms with Gasteiger partial charge in [0.1, 0.15) is 0 Å². The molecule has 0 bridgehead atoms. The summed E-state index contributed by atoms with van der Waals surface area (Å²) in [6, 6.07) is 1.75. The summed E-state index contributed by atoms with van der Waals surface area (Å²) in [6.45, 7) is 0. The lowest BCUT2D eigenvalue weighted by Crippen LogP contribution is -2.03. The molecule has 0 unspecified atom stereocenters. The SMILES string of the molecule is Fc1cc(Br)c(C(Cl)(Cl)Cl)cc1F. The largest absolute Gasteiger partial charge is 0.217 e. The van der Waals surface area contributed by atoms with Gasteiger partial charge in [-0.1, -0.05) is 50.7 Å². The van der Waals surface area contributed by atoms with E-state index in [1.807, 2.05) is 0 Å². The Bertz CT molecular complexity index is 335. The second-order valence-electron chi connectivity index (χ2n) is 2.24. The molecular formula is C7H2BrCl3F2. The minimum atomic E-state index is -1.77. The van der Waals surface area contributed by atoms with Gasteiger partial charge >= 0.3 is 0 Å². The molecule has 13 heavy (non-hydrogen) atoms.